The Bertz CT molecular complexity index is 2770. The lowest BCUT2D eigenvalue weighted by atomic mass is 9.58. The largest absolute Gasteiger partial charge is 0.455 e. The minimum Gasteiger partial charge on any atom is -0.455 e. The molecule has 4 nitrogen and oxygen atoms in total. The normalized spacial score (nSPS) is 12.3. The van der Waals surface area contributed by atoms with Crippen LogP contribution in [0.5, 0.6) is 11.5 Å². The fourth-order valence-electron chi connectivity index (χ4n) is 8.06. The van der Waals surface area contributed by atoms with Crippen molar-refractivity contribution in [2.24, 2.45) is 0 Å². The number of ether oxygens (including phenoxy) is 1. The van der Waals surface area contributed by atoms with E-state index < -0.39 is 0 Å². The molecular formula is C51H39BN3OS. The van der Waals surface area contributed by atoms with E-state index in [0.717, 1.165) is 88.8 Å². The zero-order valence-corrected chi connectivity index (χ0v) is 32.8. The Balaban J connectivity index is 1.19. The Morgan fingerprint density at radius 3 is 1.95 bits per heavy atom. The standard InChI is InChI=1S/C51H39BN3OS/c1-33-28-40(39-31-48-50(57-49-25-15-14-24-47(49)56-48)32-43(39)53-42-22-12-10-16-34(42)2)51-46(29-33)55(44-23-13-11-17-35(44)3)45-27-26-38(30-41(45)52-51)54(36-18-6-4-7-19-36)37-20-8-5-9-21-37/h4-32,53H,1-3H3. The topological polar surface area (TPSA) is 27.7 Å². The SMILES string of the molecule is Cc1cc(-c2cc3c(cc2Nc2ccccc2C)Sc2ccccc2O3)c2c(c1)N(c1ccccc1C)c1ccc(N(c3ccccc3)c3ccccc3)cc1[B]2. The molecular weight excluding hydrogens is 713 g/mol. The molecule has 2 aliphatic heterocycles. The molecule has 2 heterocycles. The van der Waals surface area contributed by atoms with Gasteiger partial charge in [0.1, 0.15) is 11.5 Å². The molecule has 0 atom stereocenters. The summed E-state index contributed by atoms with van der Waals surface area (Å²) in [6.07, 6.45) is 0. The molecule has 0 amide bonds. The zero-order valence-electron chi connectivity index (χ0n) is 32.0. The van der Waals surface area contributed by atoms with Crippen LogP contribution in [0.2, 0.25) is 0 Å². The number of nitrogens with zero attached hydrogens (tertiary/aromatic N) is 2. The summed E-state index contributed by atoms with van der Waals surface area (Å²) in [6, 6.07) is 62.7. The van der Waals surface area contributed by atoms with Crippen molar-refractivity contribution in [1.29, 1.82) is 0 Å². The van der Waals surface area contributed by atoms with E-state index in [2.05, 4.69) is 213 Å². The van der Waals surface area contributed by atoms with E-state index in [9.17, 15) is 0 Å². The minimum absolute atomic E-state index is 0.856. The van der Waals surface area contributed by atoms with Crippen LogP contribution in [0.4, 0.5) is 45.5 Å². The van der Waals surface area contributed by atoms with Gasteiger partial charge in [-0.1, -0.05) is 108 Å². The Hall–Kier alpha value is -6.63. The van der Waals surface area contributed by atoms with Gasteiger partial charge in [-0.15, -0.1) is 0 Å². The Morgan fingerprint density at radius 2 is 1.19 bits per heavy atom. The van der Waals surface area contributed by atoms with E-state index in [0.29, 0.717) is 0 Å². The van der Waals surface area contributed by atoms with Crippen LogP contribution >= 0.6 is 11.8 Å². The van der Waals surface area contributed by atoms with Crippen LogP contribution < -0.4 is 30.8 Å². The second kappa shape index (κ2) is 14.5. The first-order valence-corrected chi connectivity index (χ1v) is 20.2. The molecule has 8 aromatic rings. The molecule has 1 radical (unpaired) electrons. The van der Waals surface area contributed by atoms with Gasteiger partial charge >= 0.3 is 0 Å². The number of aryl methyl sites for hydroxylation is 3. The highest BCUT2D eigenvalue weighted by Gasteiger charge is 2.31. The molecule has 0 aromatic heterocycles. The summed E-state index contributed by atoms with van der Waals surface area (Å²) in [4.78, 5) is 6.98. The quantitative estimate of drug-likeness (QED) is 0.164. The average Bonchev–Trinajstić information content (AvgIpc) is 3.24. The Kier molecular flexibility index (Phi) is 8.84. The number of rotatable bonds is 7. The van der Waals surface area contributed by atoms with Gasteiger partial charge in [0.15, 0.2) is 7.28 Å². The maximum Gasteiger partial charge on any atom is 0.197 e. The molecule has 0 fully saturated rings. The van der Waals surface area contributed by atoms with Gasteiger partial charge in [0.05, 0.1) is 9.79 Å². The van der Waals surface area contributed by atoms with Crippen LogP contribution in [-0.4, -0.2) is 7.28 Å². The van der Waals surface area contributed by atoms with Gasteiger partial charge in [-0.2, -0.15) is 0 Å². The van der Waals surface area contributed by atoms with Crippen molar-refractivity contribution in [1.82, 2.24) is 0 Å². The smallest absolute Gasteiger partial charge is 0.197 e. The summed E-state index contributed by atoms with van der Waals surface area (Å²) in [7, 11) is 2.38. The lowest BCUT2D eigenvalue weighted by Gasteiger charge is -2.37. The van der Waals surface area contributed by atoms with Crippen LogP contribution in [0, 0.1) is 20.8 Å². The number of para-hydroxylation sites is 5. The van der Waals surface area contributed by atoms with Crippen molar-refractivity contribution in [3.63, 3.8) is 0 Å². The van der Waals surface area contributed by atoms with Crippen molar-refractivity contribution in [2.45, 2.75) is 30.6 Å². The highest BCUT2D eigenvalue weighted by atomic mass is 32.2. The maximum atomic E-state index is 6.66. The van der Waals surface area contributed by atoms with Crippen molar-refractivity contribution < 1.29 is 4.74 Å². The average molecular weight is 753 g/mol. The summed E-state index contributed by atoms with van der Waals surface area (Å²) in [5, 5.41) is 3.87. The molecule has 0 bridgehead atoms. The molecule has 0 saturated carbocycles. The first-order chi connectivity index (χ1) is 28.0. The van der Waals surface area contributed by atoms with Gasteiger partial charge < -0.3 is 19.9 Å². The van der Waals surface area contributed by atoms with Gasteiger partial charge in [0.25, 0.3) is 0 Å². The van der Waals surface area contributed by atoms with Crippen molar-refractivity contribution >= 4 is 75.5 Å². The summed E-state index contributed by atoms with van der Waals surface area (Å²) in [5.41, 5.74) is 16.9. The monoisotopic (exact) mass is 752 g/mol. The highest BCUT2D eigenvalue weighted by molar-refractivity contribution is 7.99. The molecule has 10 rings (SSSR count). The number of benzene rings is 8. The lowest BCUT2D eigenvalue weighted by molar-refractivity contribution is 0.455. The predicted molar refractivity (Wildman–Crippen MR) is 241 cm³/mol. The van der Waals surface area contributed by atoms with Gasteiger partial charge in [-0.25, -0.2) is 0 Å². The van der Waals surface area contributed by atoms with E-state index in [1.807, 2.05) is 6.07 Å². The van der Waals surface area contributed by atoms with E-state index >= 15 is 0 Å². The van der Waals surface area contributed by atoms with E-state index in [1.165, 1.54) is 16.7 Å². The number of hydrogen-bond donors (Lipinski definition) is 1. The molecule has 0 unspecified atom stereocenters. The molecule has 0 saturated heterocycles. The summed E-state index contributed by atoms with van der Waals surface area (Å²) >= 11 is 1.75. The second-order valence-electron chi connectivity index (χ2n) is 14.7. The molecule has 6 heteroatoms. The number of fused-ring (bicyclic) bond motifs is 4. The fourth-order valence-corrected chi connectivity index (χ4v) is 9.03. The van der Waals surface area contributed by atoms with Crippen molar-refractivity contribution in [3.05, 3.63) is 193 Å². The number of nitrogens with one attached hydrogen (secondary N) is 1. The summed E-state index contributed by atoms with van der Waals surface area (Å²) in [6.45, 7) is 6.55. The molecule has 2 aliphatic rings. The van der Waals surface area contributed by atoms with Gasteiger partial charge in [-0.3, -0.25) is 0 Å². The van der Waals surface area contributed by atoms with Crippen LogP contribution in [0.15, 0.2) is 186 Å². The minimum atomic E-state index is 0.856. The highest BCUT2D eigenvalue weighted by Crippen LogP contribution is 2.51. The summed E-state index contributed by atoms with van der Waals surface area (Å²) < 4.78 is 6.66. The lowest BCUT2D eigenvalue weighted by Crippen LogP contribution is -2.41. The molecule has 273 valence electrons. The van der Waals surface area contributed by atoms with Crippen molar-refractivity contribution in [2.75, 3.05) is 15.1 Å². The van der Waals surface area contributed by atoms with Crippen LogP contribution in [-0.2, 0) is 0 Å². The molecule has 1 N–H and O–H groups in total. The van der Waals surface area contributed by atoms with Crippen LogP contribution in [0.25, 0.3) is 11.1 Å². The van der Waals surface area contributed by atoms with E-state index in [1.54, 1.807) is 11.8 Å². The molecule has 0 aliphatic carbocycles. The van der Waals surface area contributed by atoms with Crippen LogP contribution in [0.1, 0.15) is 16.7 Å². The van der Waals surface area contributed by atoms with E-state index in [4.69, 9.17) is 4.74 Å². The zero-order chi connectivity index (χ0) is 38.5. The third-order valence-electron chi connectivity index (χ3n) is 10.8. The number of hydrogen-bond acceptors (Lipinski definition) is 5. The maximum absolute atomic E-state index is 6.66. The molecule has 57 heavy (non-hydrogen) atoms. The fraction of sp³-hybridized carbons (Fsp3) is 0.0588. The third kappa shape index (κ3) is 6.42. The van der Waals surface area contributed by atoms with Crippen molar-refractivity contribution in [3.8, 4) is 22.6 Å². The predicted octanol–water partition coefficient (Wildman–Crippen LogP) is 13.2. The molecule has 0 spiro atoms. The Labute approximate surface area is 339 Å². The van der Waals surface area contributed by atoms with Gasteiger partial charge in [0, 0.05) is 51.1 Å². The first kappa shape index (κ1) is 34.8. The first-order valence-electron chi connectivity index (χ1n) is 19.3. The van der Waals surface area contributed by atoms with Gasteiger partial charge in [-0.05, 0) is 133 Å². The van der Waals surface area contributed by atoms with Gasteiger partial charge in [0.2, 0.25) is 0 Å². The molecule has 8 aromatic carbocycles. The third-order valence-corrected chi connectivity index (χ3v) is 11.9. The second-order valence-corrected chi connectivity index (χ2v) is 15.8. The van der Waals surface area contributed by atoms with Crippen LogP contribution in [0.3, 0.4) is 0 Å². The number of anilines is 8. The summed E-state index contributed by atoms with van der Waals surface area (Å²) in [5.74, 6) is 1.74. The van der Waals surface area contributed by atoms with E-state index in [-0.39, 0.29) is 0 Å². The Morgan fingerprint density at radius 1 is 0.509 bits per heavy atom.